The fourth-order valence-electron chi connectivity index (χ4n) is 3.52. The summed E-state index contributed by atoms with van der Waals surface area (Å²) >= 11 is 6.26. The summed E-state index contributed by atoms with van der Waals surface area (Å²) in [5.41, 5.74) is 0.412. The van der Waals surface area contributed by atoms with Crippen LogP contribution in [0.3, 0.4) is 0 Å². The summed E-state index contributed by atoms with van der Waals surface area (Å²) in [6.07, 6.45) is 1.02. The number of carbonyl (C=O) groups excluding carboxylic acids is 2. The molecule has 0 heterocycles. The first kappa shape index (κ1) is 22.8. The molecular formula is C21H28ClN3O4. The van der Waals surface area contributed by atoms with Crippen LogP contribution in [0.5, 0.6) is 0 Å². The Bertz CT molecular complexity index is 828. The largest absolute Gasteiger partial charge is 0.460 e. The van der Waals surface area contributed by atoms with Crippen molar-refractivity contribution in [1.29, 1.82) is 5.26 Å². The summed E-state index contributed by atoms with van der Waals surface area (Å²) in [6, 6.07) is 5.47. The third-order valence-corrected chi connectivity index (χ3v) is 5.35. The second kappa shape index (κ2) is 8.91. The Morgan fingerprint density at radius 1 is 1.38 bits per heavy atom. The van der Waals surface area contributed by atoms with E-state index in [0.717, 1.165) is 17.7 Å². The fraction of sp³-hybridized carbons (Fsp3) is 0.571. The maximum Gasteiger partial charge on any atom is 0.408 e. The van der Waals surface area contributed by atoms with Crippen LogP contribution in [0, 0.1) is 18.3 Å². The molecule has 8 heteroatoms. The number of amides is 1. The van der Waals surface area contributed by atoms with Crippen molar-refractivity contribution in [2.75, 3.05) is 11.9 Å². The van der Waals surface area contributed by atoms with Gasteiger partial charge in [-0.3, -0.25) is 4.79 Å². The maximum absolute atomic E-state index is 12.5. The number of benzene rings is 1. The van der Waals surface area contributed by atoms with Gasteiger partial charge in [-0.1, -0.05) is 11.6 Å². The van der Waals surface area contributed by atoms with Gasteiger partial charge in [0.1, 0.15) is 17.8 Å². The molecule has 1 saturated carbocycles. The third kappa shape index (κ3) is 5.77. The van der Waals surface area contributed by atoms with Crippen molar-refractivity contribution in [3.63, 3.8) is 0 Å². The number of hydrogen-bond acceptors (Lipinski definition) is 6. The first-order chi connectivity index (χ1) is 13.5. The molecule has 1 amide bonds. The average Bonchev–Trinajstić information content (AvgIpc) is 2.96. The zero-order valence-electron chi connectivity index (χ0n) is 17.5. The summed E-state index contributed by atoms with van der Waals surface area (Å²) in [5, 5.41) is 15.8. The highest BCUT2D eigenvalue weighted by Gasteiger charge is 2.47. The lowest BCUT2D eigenvalue weighted by Gasteiger charge is -2.37. The molecule has 1 aromatic rings. The number of anilines is 1. The summed E-state index contributed by atoms with van der Waals surface area (Å²) in [4.78, 5) is 24.1. The van der Waals surface area contributed by atoms with Crippen molar-refractivity contribution in [2.45, 2.75) is 71.1 Å². The number of ether oxygens (including phenoxy) is 2. The molecule has 0 radical (unpaired) electrons. The number of rotatable bonds is 5. The Morgan fingerprint density at radius 2 is 2.07 bits per heavy atom. The van der Waals surface area contributed by atoms with E-state index in [1.165, 1.54) is 6.92 Å². The maximum atomic E-state index is 12.5. The highest BCUT2D eigenvalue weighted by Crippen LogP contribution is 2.35. The lowest BCUT2D eigenvalue weighted by Crippen LogP contribution is -2.59. The van der Waals surface area contributed by atoms with E-state index in [-0.39, 0.29) is 0 Å². The Labute approximate surface area is 176 Å². The lowest BCUT2D eigenvalue weighted by atomic mass is 9.94. The average molecular weight is 422 g/mol. The number of nitrogens with one attached hydrogen (secondary N) is 2. The Hall–Kier alpha value is -2.46. The number of alkyl carbamates (subject to hydrolysis) is 1. The fourth-order valence-corrected chi connectivity index (χ4v) is 3.73. The molecule has 1 aliphatic rings. The predicted octanol–water partition coefficient (Wildman–Crippen LogP) is 4.31. The van der Waals surface area contributed by atoms with Crippen molar-refractivity contribution in [3.8, 4) is 6.07 Å². The molecular weight excluding hydrogens is 394 g/mol. The van der Waals surface area contributed by atoms with Crippen molar-refractivity contribution < 1.29 is 19.1 Å². The molecule has 0 aromatic heterocycles. The molecule has 1 fully saturated rings. The molecule has 2 rings (SSSR count). The van der Waals surface area contributed by atoms with Crippen LogP contribution in [0.1, 0.15) is 58.1 Å². The Balaban J connectivity index is 2.27. The summed E-state index contributed by atoms with van der Waals surface area (Å²) in [7, 11) is 0. The van der Waals surface area contributed by atoms with Gasteiger partial charge in [0, 0.05) is 19.2 Å². The molecule has 0 unspecified atom stereocenters. The molecule has 7 nitrogen and oxygen atoms in total. The third-order valence-electron chi connectivity index (χ3n) is 4.86. The topological polar surface area (TPSA) is 100 Å². The van der Waals surface area contributed by atoms with Gasteiger partial charge in [0.2, 0.25) is 0 Å². The van der Waals surface area contributed by atoms with E-state index >= 15 is 0 Å². The van der Waals surface area contributed by atoms with Crippen molar-refractivity contribution >= 4 is 29.4 Å². The number of nitriles is 1. The molecule has 0 bridgehead atoms. The molecule has 2 atom stereocenters. The van der Waals surface area contributed by atoms with Gasteiger partial charge in [0.15, 0.2) is 0 Å². The monoisotopic (exact) mass is 421 g/mol. The highest BCUT2D eigenvalue weighted by atomic mass is 35.5. The van der Waals surface area contributed by atoms with Crippen LogP contribution in [-0.4, -0.2) is 35.9 Å². The van der Waals surface area contributed by atoms with Gasteiger partial charge in [-0.15, -0.1) is 0 Å². The first-order valence-corrected chi connectivity index (χ1v) is 9.97. The molecule has 1 aromatic carbocycles. The minimum absolute atomic E-state index is 0.313. The molecule has 1 aliphatic carbocycles. The number of carbonyl (C=O) groups is 2. The second-order valence-electron chi connectivity index (χ2n) is 8.34. The van der Waals surface area contributed by atoms with Gasteiger partial charge in [0.25, 0.3) is 0 Å². The zero-order chi connectivity index (χ0) is 21.8. The normalized spacial score (nSPS) is 21.2. The molecule has 2 N–H and O–H groups in total. The van der Waals surface area contributed by atoms with E-state index < -0.39 is 29.3 Å². The van der Waals surface area contributed by atoms with Crippen LogP contribution in [-0.2, 0) is 14.3 Å². The predicted molar refractivity (Wildman–Crippen MR) is 111 cm³/mol. The number of halogens is 1. The molecule has 158 valence electrons. The first-order valence-electron chi connectivity index (χ1n) is 9.59. The van der Waals surface area contributed by atoms with Gasteiger partial charge in [-0.05, 0) is 64.7 Å². The van der Waals surface area contributed by atoms with Crippen molar-refractivity contribution in [1.82, 2.24) is 5.32 Å². The van der Waals surface area contributed by atoms with Gasteiger partial charge in [-0.2, -0.15) is 5.26 Å². The number of nitrogens with zero attached hydrogens (tertiary/aromatic N) is 1. The number of hydrogen-bond donors (Lipinski definition) is 2. The molecule has 0 spiro atoms. The van der Waals surface area contributed by atoms with Crippen LogP contribution < -0.4 is 10.6 Å². The van der Waals surface area contributed by atoms with E-state index in [1.54, 1.807) is 32.9 Å². The van der Waals surface area contributed by atoms with Crippen LogP contribution in [0.2, 0.25) is 5.02 Å². The van der Waals surface area contributed by atoms with Gasteiger partial charge in [-0.25, -0.2) is 4.79 Å². The highest BCUT2D eigenvalue weighted by molar-refractivity contribution is 6.32. The van der Waals surface area contributed by atoms with Gasteiger partial charge in [0.05, 0.1) is 16.1 Å². The summed E-state index contributed by atoms with van der Waals surface area (Å²) in [6.45, 7) is 8.85. The van der Waals surface area contributed by atoms with E-state index in [9.17, 15) is 9.59 Å². The van der Waals surface area contributed by atoms with Crippen molar-refractivity contribution in [2.24, 2.45) is 0 Å². The van der Waals surface area contributed by atoms with E-state index in [2.05, 4.69) is 16.7 Å². The smallest absolute Gasteiger partial charge is 0.408 e. The van der Waals surface area contributed by atoms with Crippen LogP contribution >= 0.6 is 11.6 Å². The second-order valence-corrected chi connectivity index (χ2v) is 8.72. The van der Waals surface area contributed by atoms with Gasteiger partial charge >= 0.3 is 12.1 Å². The van der Waals surface area contributed by atoms with Crippen molar-refractivity contribution in [3.05, 3.63) is 28.3 Å². The molecule has 29 heavy (non-hydrogen) atoms. The Morgan fingerprint density at radius 3 is 2.66 bits per heavy atom. The SMILES string of the molecule is CC(=O)O[C@H]1CCC[C@@]1(CNc1ccc(C#N)c(Cl)c1C)NC(=O)OC(C)(C)C. The van der Waals surface area contributed by atoms with E-state index in [0.29, 0.717) is 30.0 Å². The molecule has 0 aliphatic heterocycles. The van der Waals surface area contributed by atoms with E-state index in [4.69, 9.17) is 26.3 Å². The zero-order valence-corrected chi connectivity index (χ0v) is 18.3. The standard InChI is InChI=1S/C21H28ClN3O4/c1-13-16(9-8-15(11-23)18(13)22)24-12-21(25-19(27)29-20(3,4)5)10-6-7-17(21)28-14(2)26/h8-9,17,24H,6-7,10,12H2,1-5H3,(H,25,27)/t17-,21-/m0/s1. The summed E-state index contributed by atoms with van der Waals surface area (Å²) < 4.78 is 10.9. The van der Waals surface area contributed by atoms with Gasteiger partial charge < -0.3 is 20.1 Å². The van der Waals surface area contributed by atoms with Crippen LogP contribution in [0.15, 0.2) is 12.1 Å². The molecule has 0 saturated heterocycles. The minimum Gasteiger partial charge on any atom is -0.460 e. The lowest BCUT2D eigenvalue weighted by molar-refractivity contribution is -0.149. The van der Waals surface area contributed by atoms with Crippen LogP contribution in [0.25, 0.3) is 0 Å². The van der Waals surface area contributed by atoms with E-state index in [1.807, 2.05) is 6.92 Å². The quantitative estimate of drug-likeness (QED) is 0.687. The Kier molecular flexibility index (Phi) is 7.02. The van der Waals surface area contributed by atoms with Crippen LogP contribution in [0.4, 0.5) is 10.5 Å². The number of esters is 1. The minimum atomic E-state index is -0.819. The summed E-state index contributed by atoms with van der Waals surface area (Å²) in [5.74, 6) is -0.398.